The fourth-order valence-electron chi connectivity index (χ4n) is 4.24. The summed E-state index contributed by atoms with van der Waals surface area (Å²) in [4.78, 5) is 33.1. The number of rotatable bonds is 7. The van der Waals surface area contributed by atoms with Crippen molar-refractivity contribution in [2.45, 2.75) is 57.7 Å². The number of nitrogens with one attached hydrogen (secondary N) is 1. The number of aryl methyl sites for hydroxylation is 1. The number of carbonyl (C=O) groups excluding carboxylic acids is 2. The normalized spacial score (nSPS) is 19.9. The zero-order chi connectivity index (χ0) is 23.5. The van der Waals surface area contributed by atoms with E-state index in [0.717, 1.165) is 16.0 Å². The number of aliphatic hydroxyl groups excluding tert-OH is 1. The van der Waals surface area contributed by atoms with E-state index < -0.39 is 18.1 Å². The van der Waals surface area contributed by atoms with Crippen molar-refractivity contribution >= 4 is 23.2 Å². The second-order valence-electron chi connectivity index (χ2n) is 8.45. The van der Waals surface area contributed by atoms with Gasteiger partial charge in [0, 0.05) is 25.2 Å². The molecule has 4 rings (SSSR count). The lowest BCUT2D eigenvalue weighted by atomic mass is 10.0. The van der Waals surface area contributed by atoms with Crippen LogP contribution in [-0.2, 0) is 9.59 Å². The van der Waals surface area contributed by atoms with E-state index in [9.17, 15) is 14.7 Å². The summed E-state index contributed by atoms with van der Waals surface area (Å²) < 4.78 is 5.32. The van der Waals surface area contributed by atoms with Crippen LogP contribution < -0.4 is 5.32 Å². The molecule has 0 unspecified atom stereocenters. The van der Waals surface area contributed by atoms with Crippen molar-refractivity contribution in [1.82, 2.24) is 20.4 Å². The van der Waals surface area contributed by atoms with Crippen molar-refractivity contribution in [1.29, 1.82) is 0 Å². The number of hydrogen-bond acceptors (Lipinski definition) is 7. The molecule has 0 aliphatic carbocycles. The highest BCUT2D eigenvalue weighted by Crippen LogP contribution is 2.29. The van der Waals surface area contributed by atoms with Crippen LogP contribution in [-0.4, -0.2) is 50.7 Å². The van der Waals surface area contributed by atoms with Gasteiger partial charge in [0.15, 0.2) is 0 Å². The van der Waals surface area contributed by atoms with E-state index in [1.54, 1.807) is 29.8 Å². The predicted octanol–water partition coefficient (Wildman–Crippen LogP) is 3.44. The molecule has 0 spiro atoms. The van der Waals surface area contributed by atoms with Gasteiger partial charge < -0.3 is 19.8 Å². The lowest BCUT2D eigenvalue weighted by molar-refractivity contribution is -0.140. The zero-order valence-corrected chi connectivity index (χ0v) is 19.7. The van der Waals surface area contributed by atoms with E-state index >= 15 is 0 Å². The molecule has 2 N–H and O–H groups in total. The van der Waals surface area contributed by atoms with Gasteiger partial charge in [-0.2, -0.15) is 0 Å². The van der Waals surface area contributed by atoms with E-state index in [-0.39, 0.29) is 30.8 Å². The van der Waals surface area contributed by atoms with Crippen molar-refractivity contribution in [3.63, 3.8) is 0 Å². The Morgan fingerprint density at radius 1 is 1.33 bits per heavy atom. The van der Waals surface area contributed by atoms with Gasteiger partial charge in [-0.05, 0) is 31.4 Å². The Hall–Kier alpha value is -3.04. The van der Waals surface area contributed by atoms with E-state index in [2.05, 4.69) is 15.5 Å². The smallest absolute Gasteiger partial charge is 0.243 e. The second-order valence-corrected chi connectivity index (χ2v) is 9.33. The standard InChI is InChI=1S/C24H28N4O4S/c1-4-19(21-9-14(2)27-32-21)24(31)28-12-18(29)10-20(28)23(30)26-15(3)16-5-7-17(8-6-16)22-11-25-13-33-22/h5-9,11,13,15,18-20,29H,4,10,12H2,1-3H3,(H,26,30)/t15-,18+,19+,20-/m0/s1. The number of likely N-dealkylation sites (tertiary alicyclic amines) is 1. The van der Waals surface area contributed by atoms with Crippen LogP contribution >= 0.6 is 11.3 Å². The van der Waals surface area contributed by atoms with E-state index in [0.29, 0.717) is 17.9 Å². The molecule has 3 aromatic rings. The molecule has 1 aliphatic rings. The van der Waals surface area contributed by atoms with Gasteiger partial charge in [0.05, 0.1) is 34.1 Å². The summed E-state index contributed by atoms with van der Waals surface area (Å²) in [6, 6.07) is 8.73. The van der Waals surface area contributed by atoms with Gasteiger partial charge in [-0.15, -0.1) is 11.3 Å². The molecule has 0 bridgehead atoms. The molecule has 1 saturated heterocycles. The van der Waals surface area contributed by atoms with E-state index in [1.165, 1.54) is 4.90 Å². The minimum Gasteiger partial charge on any atom is -0.391 e. The average Bonchev–Trinajstić information content (AvgIpc) is 3.56. The first-order valence-electron chi connectivity index (χ1n) is 11.1. The molecule has 1 fully saturated rings. The SMILES string of the molecule is CC[C@@H](C(=O)N1C[C@H](O)C[C@H]1C(=O)N[C@@H](C)c1ccc(-c2cncs2)cc1)c1cc(C)no1. The Balaban J connectivity index is 1.45. The van der Waals surface area contributed by atoms with E-state index in [4.69, 9.17) is 4.52 Å². The molecular formula is C24H28N4O4S. The van der Waals surface area contributed by atoms with Gasteiger partial charge in [-0.1, -0.05) is 36.3 Å². The van der Waals surface area contributed by atoms with Crippen LogP contribution in [0.1, 0.15) is 55.7 Å². The van der Waals surface area contributed by atoms with Crippen LogP contribution in [0.3, 0.4) is 0 Å². The molecule has 2 amide bonds. The average molecular weight is 469 g/mol. The van der Waals surface area contributed by atoms with Crippen molar-refractivity contribution in [3.05, 3.63) is 59.1 Å². The van der Waals surface area contributed by atoms with Crippen molar-refractivity contribution in [2.75, 3.05) is 6.54 Å². The number of thiazole rings is 1. The van der Waals surface area contributed by atoms with Crippen molar-refractivity contribution in [3.8, 4) is 10.4 Å². The molecule has 2 aromatic heterocycles. The summed E-state index contributed by atoms with van der Waals surface area (Å²) in [5.74, 6) is -0.562. The third kappa shape index (κ3) is 4.99. The van der Waals surface area contributed by atoms with Crippen LogP contribution in [0.4, 0.5) is 0 Å². The lowest BCUT2D eigenvalue weighted by Crippen LogP contribution is -2.47. The summed E-state index contributed by atoms with van der Waals surface area (Å²) in [7, 11) is 0. The Bertz CT molecular complexity index is 1100. The van der Waals surface area contributed by atoms with Crippen LogP contribution in [0.5, 0.6) is 0 Å². The summed E-state index contributed by atoms with van der Waals surface area (Å²) in [6.07, 6.45) is 1.80. The fourth-order valence-corrected chi connectivity index (χ4v) is 4.87. The highest BCUT2D eigenvalue weighted by atomic mass is 32.1. The lowest BCUT2D eigenvalue weighted by Gasteiger charge is -2.28. The number of aromatic nitrogens is 2. The molecule has 3 heterocycles. The molecule has 9 heteroatoms. The number of hydrogen-bond donors (Lipinski definition) is 2. The van der Waals surface area contributed by atoms with Gasteiger partial charge >= 0.3 is 0 Å². The highest BCUT2D eigenvalue weighted by Gasteiger charge is 2.42. The second kappa shape index (κ2) is 9.84. The van der Waals surface area contributed by atoms with Crippen LogP contribution in [0, 0.1) is 6.92 Å². The summed E-state index contributed by atoms with van der Waals surface area (Å²) in [5.41, 5.74) is 4.52. The Labute approximate surface area is 196 Å². The minimum atomic E-state index is -0.743. The third-order valence-corrected chi connectivity index (χ3v) is 6.87. The third-order valence-electron chi connectivity index (χ3n) is 6.05. The number of β-amino-alcohol motifs (C(OH)–C–C–N with tert-alkyl or cyclic N) is 1. The van der Waals surface area contributed by atoms with Gasteiger partial charge in [0.2, 0.25) is 11.8 Å². The maximum Gasteiger partial charge on any atom is 0.243 e. The van der Waals surface area contributed by atoms with Crippen LogP contribution in [0.25, 0.3) is 10.4 Å². The van der Waals surface area contributed by atoms with Crippen LogP contribution in [0.2, 0.25) is 0 Å². The van der Waals surface area contributed by atoms with Crippen molar-refractivity contribution in [2.24, 2.45) is 0 Å². The topological polar surface area (TPSA) is 109 Å². The summed E-state index contributed by atoms with van der Waals surface area (Å²) in [6.45, 7) is 5.72. The summed E-state index contributed by atoms with van der Waals surface area (Å²) in [5, 5.41) is 17.1. The van der Waals surface area contributed by atoms with Gasteiger partial charge in [-0.3, -0.25) is 14.6 Å². The van der Waals surface area contributed by atoms with E-state index in [1.807, 2.05) is 44.3 Å². The molecule has 4 atom stereocenters. The molecule has 174 valence electrons. The minimum absolute atomic E-state index is 0.123. The first kappa shape index (κ1) is 23.1. The number of nitrogens with zero attached hydrogens (tertiary/aromatic N) is 3. The quantitative estimate of drug-likeness (QED) is 0.550. The maximum absolute atomic E-state index is 13.3. The Kier molecular flexibility index (Phi) is 6.90. The molecule has 0 saturated carbocycles. The monoisotopic (exact) mass is 468 g/mol. The molecule has 8 nitrogen and oxygen atoms in total. The van der Waals surface area contributed by atoms with Gasteiger partial charge in [0.25, 0.3) is 0 Å². The molecule has 33 heavy (non-hydrogen) atoms. The first-order valence-corrected chi connectivity index (χ1v) is 12.0. The van der Waals surface area contributed by atoms with Gasteiger partial charge in [-0.25, -0.2) is 0 Å². The number of amides is 2. The first-order chi connectivity index (χ1) is 15.9. The number of carbonyl (C=O) groups is 2. The molecule has 1 aliphatic heterocycles. The molecule has 1 aromatic carbocycles. The Morgan fingerprint density at radius 3 is 2.70 bits per heavy atom. The molecule has 0 radical (unpaired) electrons. The number of aliphatic hydroxyl groups is 1. The maximum atomic E-state index is 13.3. The zero-order valence-electron chi connectivity index (χ0n) is 18.9. The fraction of sp³-hybridized carbons (Fsp3) is 0.417. The van der Waals surface area contributed by atoms with Crippen LogP contribution in [0.15, 0.2) is 46.6 Å². The van der Waals surface area contributed by atoms with Crippen molar-refractivity contribution < 1.29 is 19.2 Å². The summed E-state index contributed by atoms with van der Waals surface area (Å²) >= 11 is 1.57. The van der Waals surface area contributed by atoms with Gasteiger partial charge in [0.1, 0.15) is 11.8 Å². The number of benzene rings is 1. The highest BCUT2D eigenvalue weighted by molar-refractivity contribution is 7.13. The Morgan fingerprint density at radius 2 is 2.09 bits per heavy atom. The molecular weight excluding hydrogens is 440 g/mol. The predicted molar refractivity (Wildman–Crippen MR) is 125 cm³/mol. The largest absolute Gasteiger partial charge is 0.391 e.